The van der Waals surface area contributed by atoms with Gasteiger partial charge in [0.05, 0.1) is 6.42 Å². The van der Waals surface area contributed by atoms with Gasteiger partial charge in [0, 0.05) is 5.88 Å². The maximum absolute atomic E-state index is 10.7. The number of hydrogen-bond acceptors (Lipinski definition) is 1. The molecule has 0 unspecified atom stereocenters. The molecule has 2 nitrogen and oxygen atoms in total. The lowest BCUT2D eigenvalue weighted by Crippen LogP contribution is -2.00. The van der Waals surface area contributed by atoms with Gasteiger partial charge in [-0.1, -0.05) is 36.4 Å². The van der Waals surface area contributed by atoms with Crippen molar-refractivity contribution in [3.05, 3.63) is 47.5 Å². The third-order valence-electron chi connectivity index (χ3n) is 2.59. The van der Waals surface area contributed by atoms with Crippen molar-refractivity contribution in [2.45, 2.75) is 12.3 Å². The fourth-order valence-electron chi connectivity index (χ4n) is 1.87. The normalized spacial score (nSPS) is 10.6. The number of carbonyl (C=O) groups is 1. The minimum atomic E-state index is -0.816. The molecule has 3 heteroatoms. The molecule has 0 aliphatic rings. The van der Waals surface area contributed by atoms with Crippen LogP contribution in [0.1, 0.15) is 11.1 Å². The first-order valence-corrected chi connectivity index (χ1v) is 5.53. The van der Waals surface area contributed by atoms with E-state index in [1.165, 1.54) is 0 Å². The number of rotatable bonds is 3. The zero-order chi connectivity index (χ0) is 11.5. The van der Waals surface area contributed by atoms with E-state index in [0.29, 0.717) is 5.88 Å². The smallest absolute Gasteiger partial charge is 0.307 e. The van der Waals surface area contributed by atoms with Gasteiger partial charge in [-0.05, 0) is 21.9 Å². The molecule has 2 aromatic rings. The lowest BCUT2D eigenvalue weighted by Gasteiger charge is -2.07. The molecule has 0 spiro atoms. The average Bonchev–Trinajstić information content (AvgIpc) is 2.28. The predicted molar refractivity (Wildman–Crippen MR) is 64.8 cm³/mol. The molecule has 0 aliphatic heterocycles. The maximum atomic E-state index is 10.7. The number of carboxylic acid groups (broad SMARTS) is 1. The second-order valence-corrected chi connectivity index (χ2v) is 3.90. The van der Waals surface area contributed by atoms with Crippen LogP contribution in [0.3, 0.4) is 0 Å². The highest BCUT2D eigenvalue weighted by Gasteiger charge is 2.06. The van der Waals surface area contributed by atoms with E-state index >= 15 is 0 Å². The zero-order valence-corrected chi connectivity index (χ0v) is 9.37. The topological polar surface area (TPSA) is 37.3 Å². The third kappa shape index (κ3) is 2.02. The summed E-state index contributed by atoms with van der Waals surface area (Å²) in [6.07, 6.45) is 0.0447. The van der Waals surface area contributed by atoms with Gasteiger partial charge in [0.15, 0.2) is 0 Å². The molecule has 0 saturated heterocycles. The molecule has 0 bridgehead atoms. The van der Waals surface area contributed by atoms with Crippen LogP contribution >= 0.6 is 11.6 Å². The summed E-state index contributed by atoms with van der Waals surface area (Å²) < 4.78 is 0. The molecule has 0 aliphatic carbocycles. The van der Waals surface area contributed by atoms with Crippen molar-refractivity contribution in [2.75, 3.05) is 0 Å². The SMILES string of the molecule is O=C(O)Cc1cccc2c(CCl)cccc12. The van der Waals surface area contributed by atoms with E-state index in [1.54, 1.807) is 0 Å². The summed E-state index contributed by atoms with van der Waals surface area (Å²) in [5, 5.41) is 10.8. The molecule has 0 atom stereocenters. The molecule has 1 N–H and O–H groups in total. The predicted octanol–water partition coefficient (Wildman–Crippen LogP) is 3.21. The number of aliphatic carboxylic acids is 1. The van der Waals surface area contributed by atoms with E-state index in [4.69, 9.17) is 16.7 Å². The third-order valence-corrected chi connectivity index (χ3v) is 2.88. The van der Waals surface area contributed by atoms with Crippen LogP contribution in [0.5, 0.6) is 0 Å². The molecule has 0 saturated carbocycles. The fraction of sp³-hybridized carbons (Fsp3) is 0.154. The van der Waals surface area contributed by atoms with Crippen molar-refractivity contribution in [3.63, 3.8) is 0 Å². The van der Waals surface area contributed by atoms with Crippen molar-refractivity contribution in [1.29, 1.82) is 0 Å². The quantitative estimate of drug-likeness (QED) is 0.828. The van der Waals surface area contributed by atoms with Crippen molar-refractivity contribution in [2.24, 2.45) is 0 Å². The number of alkyl halides is 1. The molecular weight excluding hydrogens is 224 g/mol. The van der Waals surface area contributed by atoms with Gasteiger partial charge in [-0.3, -0.25) is 4.79 Å². The Labute approximate surface area is 98.5 Å². The van der Waals surface area contributed by atoms with Crippen LogP contribution in [-0.4, -0.2) is 11.1 Å². The van der Waals surface area contributed by atoms with Gasteiger partial charge in [0.1, 0.15) is 0 Å². The Bertz CT molecular complexity index is 534. The van der Waals surface area contributed by atoms with Gasteiger partial charge in [0.25, 0.3) is 0 Å². The Morgan fingerprint density at radius 1 is 1.06 bits per heavy atom. The summed E-state index contributed by atoms with van der Waals surface area (Å²) in [6.45, 7) is 0. The van der Waals surface area contributed by atoms with Crippen molar-refractivity contribution in [1.82, 2.24) is 0 Å². The summed E-state index contributed by atoms with van der Waals surface area (Å²) >= 11 is 5.85. The van der Waals surface area contributed by atoms with Crippen LogP contribution in [0, 0.1) is 0 Å². The molecule has 0 aromatic heterocycles. The van der Waals surface area contributed by atoms with Gasteiger partial charge in [-0.2, -0.15) is 0 Å². The highest BCUT2D eigenvalue weighted by atomic mass is 35.5. The standard InChI is InChI=1S/C13H11ClO2/c14-8-10-4-2-5-11-9(7-13(15)16)3-1-6-12(10)11/h1-6H,7-8H2,(H,15,16). The molecule has 16 heavy (non-hydrogen) atoms. The summed E-state index contributed by atoms with van der Waals surface area (Å²) in [6, 6.07) is 11.5. The first-order chi connectivity index (χ1) is 7.72. The minimum absolute atomic E-state index is 0.0447. The van der Waals surface area contributed by atoms with Crippen molar-refractivity contribution in [3.8, 4) is 0 Å². The monoisotopic (exact) mass is 234 g/mol. The summed E-state index contributed by atoms with van der Waals surface area (Å²) in [5.74, 6) is -0.378. The maximum Gasteiger partial charge on any atom is 0.307 e. The number of fused-ring (bicyclic) bond motifs is 1. The Balaban J connectivity index is 2.64. The minimum Gasteiger partial charge on any atom is -0.481 e. The first kappa shape index (κ1) is 11.0. The Morgan fingerprint density at radius 2 is 1.62 bits per heavy atom. The van der Waals surface area contributed by atoms with Crippen LogP contribution < -0.4 is 0 Å². The van der Waals surface area contributed by atoms with Crippen molar-refractivity contribution < 1.29 is 9.90 Å². The van der Waals surface area contributed by atoms with E-state index in [1.807, 2.05) is 36.4 Å². The van der Waals surface area contributed by atoms with Crippen LogP contribution in [0.2, 0.25) is 0 Å². The Hall–Kier alpha value is -1.54. The van der Waals surface area contributed by atoms with E-state index in [9.17, 15) is 4.79 Å². The highest BCUT2D eigenvalue weighted by Crippen LogP contribution is 2.24. The summed E-state index contributed by atoms with van der Waals surface area (Å²) in [7, 11) is 0. The number of carboxylic acids is 1. The lowest BCUT2D eigenvalue weighted by molar-refractivity contribution is -0.136. The molecular formula is C13H11ClO2. The van der Waals surface area contributed by atoms with E-state index in [2.05, 4.69) is 0 Å². The van der Waals surface area contributed by atoms with Crippen LogP contribution in [0.4, 0.5) is 0 Å². The lowest BCUT2D eigenvalue weighted by atomic mass is 9.99. The summed E-state index contributed by atoms with van der Waals surface area (Å²) in [5.41, 5.74) is 1.86. The Kier molecular flexibility index (Phi) is 3.11. The number of hydrogen-bond donors (Lipinski definition) is 1. The number of benzene rings is 2. The van der Waals surface area contributed by atoms with Gasteiger partial charge >= 0.3 is 5.97 Å². The Morgan fingerprint density at radius 3 is 2.19 bits per heavy atom. The van der Waals surface area contributed by atoms with Crippen molar-refractivity contribution >= 4 is 28.3 Å². The van der Waals surface area contributed by atoms with Gasteiger partial charge in [-0.15, -0.1) is 11.6 Å². The van der Waals surface area contributed by atoms with Crippen LogP contribution in [0.25, 0.3) is 10.8 Å². The molecule has 0 heterocycles. The van der Waals surface area contributed by atoms with Gasteiger partial charge in [-0.25, -0.2) is 0 Å². The molecule has 82 valence electrons. The van der Waals surface area contributed by atoms with Gasteiger partial charge in [0.2, 0.25) is 0 Å². The number of halogens is 1. The molecule has 2 aromatic carbocycles. The highest BCUT2D eigenvalue weighted by molar-refractivity contribution is 6.18. The van der Waals surface area contributed by atoms with Crippen LogP contribution in [-0.2, 0) is 17.1 Å². The molecule has 0 amide bonds. The summed E-state index contributed by atoms with van der Waals surface area (Å²) in [4.78, 5) is 10.7. The largest absolute Gasteiger partial charge is 0.481 e. The van der Waals surface area contributed by atoms with E-state index in [-0.39, 0.29) is 6.42 Å². The van der Waals surface area contributed by atoms with Gasteiger partial charge < -0.3 is 5.11 Å². The molecule has 0 radical (unpaired) electrons. The fourth-order valence-corrected chi connectivity index (χ4v) is 2.11. The zero-order valence-electron chi connectivity index (χ0n) is 8.61. The van der Waals surface area contributed by atoms with E-state index in [0.717, 1.165) is 21.9 Å². The molecule has 2 rings (SSSR count). The molecule has 0 fully saturated rings. The average molecular weight is 235 g/mol. The van der Waals surface area contributed by atoms with Crippen LogP contribution in [0.15, 0.2) is 36.4 Å². The second-order valence-electron chi connectivity index (χ2n) is 3.63. The first-order valence-electron chi connectivity index (χ1n) is 4.99. The second kappa shape index (κ2) is 4.54. The van der Waals surface area contributed by atoms with E-state index < -0.39 is 5.97 Å².